The predicted molar refractivity (Wildman–Crippen MR) is 79.1 cm³/mol. The van der Waals surface area contributed by atoms with Crippen molar-refractivity contribution in [1.82, 2.24) is 9.88 Å². The number of pyridine rings is 1. The van der Waals surface area contributed by atoms with Gasteiger partial charge >= 0.3 is 0 Å². The lowest BCUT2D eigenvalue weighted by atomic mass is 10.2. The SMILES string of the molecule is CN1CC[C@H](Nc2ccc3cccc(Br)c3n2)C1=O. The van der Waals surface area contributed by atoms with Gasteiger partial charge in [-0.15, -0.1) is 0 Å². The molecule has 1 atom stereocenters. The number of aromatic nitrogens is 1. The molecule has 1 aliphatic rings. The molecular formula is C14H14BrN3O. The Bertz CT molecular complexity index is 644. The van der Waals surface area contributed by atoms with E-state index in [1.165, 1.54) is 0 Å². The van der Waals surface area contributed by atoms with Gasteiger partial charge in [-0.3, -0.25) is 4.79 Å². The fraction of sp³-hybridized carbons (Fsp3) is 0.286. The Labute approximate surface area is 119 Å². The molecule has 5 heteroatoms. The molecule has 1 aromatic carbocycles. The number of anilines is 1. The maximum Gasteiger partial charge on any atom is 0.244 e. The summed E-state index contributed by atoms with van der Waals surface area (Å²) in [7, 11) is 1.83. The summed E-state index contributed by atoms with van der Waals surface area (Å²) in [5.41, 5.74) is 0.909. The molecule has 1 aliphatic heterocycles. The lowest BCUT2D eigenvalue weighted by molar-refractivity contribution is -0.127. The van der Waals surface area contributed by atoms with Crippen molar-refractivity contribution in [2.75, 3.05) is 18.9 Å². The molecule has 0 bridgehead atoms. The van der Waals surface area contributed by atoms with Gasteiger partial charge in [0.15, 0.2) is 0 Å². The van der Waals surface area contributed by atoms with E-state index in [2.05, 4.69) is 26.2 Å². The van der Waals surface area contributed by atoms with Crippen LogP contribution >= 0.6 is 15.9 Å². The lowest BCUT2D eigenvalue weighted by Crippen LogP contribution is -2.31. The van der Waals surface area contributed by atoms with Crippen molar-refractivity contribution < 1.29 is 4.79 Å². The Hall–Kier alpha value is -1.62. The standard InChI is InChI=1S/C14H14BrN3O/c1-18-8-7-11(14(18)19)16-12-6-5-9-3-2-4-10(15)13(9)17-12/h2-6,11H,7-8H2,1H3,(H,16,17)/t11-/m0/s1. The highest BCUT2D eigenvalue weighted by Crippen LogP contribution is 2.24. The van der Waals surface area contributed by atoms with Crippen molar-refractivity contribution in [3.63, 3.8) is 0 Å². The average Bonchev–Trinajstić information content (AvgIpc) is 2.72. The number of likely N-dealkylation sites (tertiary alicyclic amines) is 1. The molecule has 1 aromatic heterocycles. The number of likely N-dealkylation sites (N-methyl/N-ethyl adjacent to an activating group) is 1. The zero-order valence-corrected chi connectivity index (χ0v) is 12.1. The van der Waals surface area contributed by atoms with Gasteiger partial charge in [-0.25, -0.2) is 4.98 Å². The first kappa shape index (κ1) is 12.4. The highest BCUT2D eigenvalue weighted by atomic mass is 79.9. The van der Waals surface area contributed by atoms with Crippen LogP contribution in [0.5, 0.6) is 0 Å². The number of nitrogens with zero attached hydrogens (tertiary/aromatic N) is 2. The summed E-state index contributed by atoms with van der Waals surface area (Å²) < 4.78 is 0.962. The second-order valence-electron chi connectivity index (χ2n) is 4.75. The maximum atomic E-state index is 11.9. The van der Waals surface area contributed by atoms with E-state index >= 15 is 0 Å². The van der Waals surface area contributed by atoms with E-state index in [1.807, 2.05) is 37.4 Å². The smallest absolute Gasteiger partial charge is 0.244 e. The number of nitrogens with one attached hydrogen (secondary N) is 1. The summed E-state index contributed by atoms with van der Waals surface area (Å²) in [5.74, 6) is 0.877. The first-order chi connectivity index (χ1) is 9.15. The Morgan fingerprint density at radius 2 is 2.21 bits per heavy atom. The quantitative estimate of drug-likeness (QED) is 0.925. The summed E-state index contributed by atoms with van der Waals surface area (Å²) in [6.07, 6.45) is 0.824. The zero-order chi connectivity index (χ0) is 13.4. The average molecular weight is 320 g/mol. The van der Waals surface area contributed by atoms with Crippen molar-refractivity contribution in [3.05, 3.63) is 34.8 Å². The van der Waals surface area contributed by atoms with Crippen LogP contribution in [-0.2, 0) is 4.79 Å². The third kappa shape index (κ3) is 2.30. The van der Waals surface area contributed by atoms with E-state index in [-0.39, 0.29) is 11.9 Å². The van der Waals surface area contributed by atoms with Gasteiger partial charge in [0.1, 0.15) is 11.9 Å². The number of carbonyl (C=O) groups excluding carboxylic acids is 1. The van der Waals surface area contributed by atoms with E-state index in [0.29, 0.717) is 0 Å². The largest absolute Gasteiger partial charge is 0.358 e. The lowest BCUT2D eigenvalue weighted by Gasteiger charge is -2.13. The number of benzene rings is 1. The van der Waals surface area contributed by atoms with Crippen LogP contribution in [0.3, 0.4) is 0 Å². The Morgan fingerprint density at radius 1 is 1.37 bits per heavy atom. The van der Waals surface area contributed by atoms with E-state index in [4.69, 9.17) is 0 Å². The monoisotopic (exact) mass is 319 g/mol. The molecular weight excluding hydrogens is 306 g/mol. The van der Waals surface area contributed by atoms with Crippen LogP contribution < -0.4 is 5.32 Å². The molecule has 0 aliphatic carbocycles. The summed E-state index contributed by atoms with van der Waals surface area (Å²) in [5, 5.41) is 4.30. The minimum absolute atomic E-state index is 0.133. The fourth-order valence-electron chi connectivity index (χ4n) is 2.33. The zero-order valence-electron chi connectivity index (χ0n) is 10.6. The molecule has 2 heterocycles. The molecule has 2 aromatic rings. The molecule has 1 N–H and O–H groups in total. The second kappa shape index (κ2) is 4.81. The third-order valence-electron chi connectivity index (χ3n) is 3.42. The van der Waals surface area contributed by atoms with E-state index in [9.17, 15) is 4.79 Å². The molecule has 0 radical (unpaired) electrons. The number of carbonyl (C=O) groups is 1. The summed E-state index contributed by atoms with van der Waals surface area (Å²) in [6.45, 7) is 0.799. The minimum Gasteiger partial charge on any atom is -0.358 e. The minimum atomic E-state index is -0.155. The highest BCUT2D eigenvalue weighted by molar-refractivity contribution is 9.10. The van der Waals surface area contributed by atoms with Gasteiger partial charge in [0, 0.05) is 23.5 Å². The summed E-state index contributed by atoms with van der Waals surface area (Å²) >= 11 is 3.50. The number of rotatable bonds is 2. The van der Waals surface area contributed by atoms with Crippen LogP contribution in [0, 0.1) is 0 Å². The molecule has 0 saturated carbocycles. The van der Waals surface area contributed by atoms with E-state index < -0.39 is 0 Å². The second-order valence-corrected chi connectivity index (χ2v) is 5.61. The number of fused-ring (bicyclic) bond motifs is 1. The molecule has 1 amide bonds. The van der Waals surface area contributed by atoms with Crippen molar-refractivity contribution >= 4 is 38.6 Å². The van der Waals surface area contributed by atoms with Gasteiger partial charge in [-0.05, 0) is 40.5 Å². The molecule has 1 saturated heterocycles. The number of hydrogen-bond acceptors (Lipinski definition) is 3. The van der Waals surface area contributed by atoms with Crippen LogP contribution in [-0.4, -0.2) is 35.4 Å². The van der Waals surface area contributed by atoms with Gasteiger partial charge < -0.3 is 10.2 Å². The third-order valence-corrected chi connectivity index (χ3v) is 4.06. The van der Waals surface area contributed by atoms with Crippen LogP contribution in [0.1, 0.15) is 6.42 Å². The highest BCUT2D eigenvalue weighted by Gasteiger charge is 2.28. The molecule has 4 nitrogen and oxygen atoms in total. The van der Waals surface area contributed by atoms with Crippen LogP contribution in [0.2, 0.25) is 0 Å². The number of para-hydroxylation sites is 1. The van der Waals surface area contributed by atoms with Gasteiger partial charge in [0.25, 0.3) is 0 Å². The first-order valence-corrected chi connectivity index (χ1v) is 7.01. The van der Waals surface area contributed by atoms with Crippen molar-refractivity contribution in [1.29, 1.82) is 0 Å². The van der Waals surface area contributed by atoms with Crippen LogP contribution in [0.15, 0.2) is 34.8 Å². The molecule has 1 fully saturated rings. The Morgan fingerprint density at radius 3 is 2.95 bits per heavy atom. The molecule has 0 spiro atoms. The van der Waals surface area contributed by atoms with Crippen molar-refractivity contribution in [2.45, 2.75) is 12.5 Å². The van der Waals surface area contributed by atoms with E-state index in [1.54, 1.807) is 4.90 Å². The molecule has 98 valence electrons. The number of halogens is 1. The first-order valence-electron chi connectivity index (χ1n) is 6.22. The summed E-state index contributed by atoms with van der Waals surface area (Å²) in [4.78, 5) is 18.2. The van der Waals surface area contributed by atoms with Crippen molar-refractivity contribution in [3.8, 4) is 0 Å². The number of hydrogen-bond donors (Lipinski definition) is 1. The van der Waals surface area contributed by atoms with E-state index in [0.717, 1.165) is 34.2 Å². The van der Waals surface area contributed by atoms with Gasteiger partial charge in [0.2, 0.25) is 5.91 Å². The van der Waals surface area contributed by atoms with Gasteiger partial charge in [-0.2, -0.15) is 0 Å². The molecule has 3 rings (SSSR count). The Kier molecular flexibility index (Phi) is 3.14. The molecule has 0 unspecified atom stereocenters. The fourth-order valence-corrected chi connectivity index (χ4v) is 2.80. The normalized spacial score (nSPS) is 19.2. The molecule has 19 heavy (non-hydrogen) atoms. The Balaban J connectivity index is 1.90. The summed E-state index contributed by atoms with van der Waals surface area (Å²) in [6, 6.07) is 9.74. The number of amides is 1. The topological polar surface area (TPSA) is 45.2 Å². The van der Waals surface area contributed by atoms with Crippen molar-refractivity contribution in [2.24, 2.45) is 0 Å². The van der Waals surface area contributed by atoms with Gasteiger partial charge in [0.05, 0.1) is 5.52 Å². The van der Waals surface area contributed by atoms with Gasteiger partial charge in [-0.1, -0.05) is 12.1 Å². The maximum absolute atomic E-state index is 11.9. The predicted octanol–water partition coefficient (Wildman–Crippen LogP) is 2.64. The van der Waals surface area contributed by atoms with Crippen LogP contribution in [0.25, 0.3) is 10.9 Å². The van der Waals surface area contributed by atoms with Crippen LogP contribution in [0.4, 0.5) is 5.82 Å².